The average Bonchev–Trinajstić information content (AvgIpc) is 2.97. The lowest BCUT2D eigenvalue weighted by Gasteiger charge is -2.15. The van der Waals surface area contributed by atoms with Crippen LogP contribution in [0.15, 0.2) is 15.8 Å². The van der Waals surface area contributed by atoms with E-state index in [1.165, 1.54) is 10.8 Å². The number of H-pyrrole nitrogens is 1. The zero-order valence-electron chi connectivity index (χ0n) is 13.9. The van der Waals surface area contributed by atoms with Crippen molar-refractivity contribution in [2.75, 3.05) is 19.0 Å². The van der Waals surface area contributed by atoms with Gasteiger partial charge < -0.3 is 14.9 Å². The number of aliphatic hydroxyl groups excluding tert-OH is 2. The molecule has 1 saturated heterocycles. The molecule has 1 fully saturated rings. The smallest absolute Gasteiger partial charge is 0.330 e. The summed E-state index contributed by atoms with van der Waals surface area (Å²) in [7, 11) is 0. The largest absolute Gasteiger partial charge is 0.396 e. The van der Waals surface area contributed by atoms with Crippen molar-refractivity contribution in [2.45, 2.75) is 56.6 Å². The minimum absolute atomic E-state index is 0.0875. The topological polar surface area (TPSA) is 105 Å². The summed E-state index contributed by atoms with van der Waals surface area (Å²) in [6.45, 7) is 1.80. The van der Waals surface area contributed by atoms with Crippen LogP contribution in [0.25, 0.3) is 0 Å². The minimum atomic E-state index is -0.484. The van der Waals surface area contributed by atoms with Crippen molar-refractivity contribution in [1.29, 1.82) is 0 Å². The van der Waals surface area contributed by atoms with E-state index in [1.54, 1.807) is 18.7 Å². The number of ether oxygens (including phenoxy) is 1. The van der Waals surface area contributed by atoms with Crippen molar-refractivity contribution in [1.82, 2.24) is 9.55 Å². The van der Waals surface area contributed by atoms with Crippen LogP contribution in [0.1, 0.15) is 43.9 Å². The van der Waals surface area contributed by atoms with Crippen molar-refractivity contribution in [3.05, 3.63) is 32.6 Å². The number of unbranched alkanes of at least 4 members (excludes halogenated alkanes) is 3. The molecule has 1 aliphatic heterocycles. The molecule has 0 unspecified atom stereocenters. The number of aryl methyl sites for hydroxylation is 1. The highest BCUT2D eigenvalue weighted by Crippen LogP contribution is 2.35. The summed E-state index contributed by atoms with van der Waals surface area (Å²) in [5.41, 5.74) is -0.414. The predicted molar refractivity (Wildman–Crippen MR) is 93.5 cm³/mol. The standard InChI is InChI=1S/C16H26N2O5S/c1-11-9-18(16(22)17-15(11)21)14-8-13(12(10-20)23-14)24-7-5-3-2-4-6-19/h9,12-14,19-20H,2-8,10H2,1H3,(H,17,21,22)/t12-,13+,14-/m1/s1. The number of hydrogen-bond donors (Lipinski definition) is 3. The van der Waals surface area contributed by atoms with Crippen molar-refractivity contribution >= 4 is 11.8 Å². The third-order valence-corrected chi connectivity index (χ3v) is 5.65. The lowest BCUT2D eigenvalue weighted by molar-refractivity contribution is -0.0238. The van der Waals surface area contributed by atoms with E-state index in [0.717, 1.165) is 31.4 Å². The van der Waals surface area contributed by atoms with Crippen molar-refractivity contribution in [3.63, 3.8) is 0 Å². The molecule has 8 heteroatoms. The number of hydrogen-bond acceptors (Lipinski definition) is 6. The first-order valence-corrected chi connectivity index (χ1v) is 9.42. The monoisotopic (exact) mass is 358 g/mol. The molecule has 7 nitrogen and oxygen atoms in total. The Balaban J connectivity index is 1.93. The van der Waals surface area contributed by atoms with Gasteiger partial charge in [0.05, 0.1) is 12.7 Å². The van der Waals surface area contributed by atoms with Crippen LogP contribution in [-0.4, -0.2) is 50.1 Å². The van der Waals surface area contributed by atoms with Gasteiger partial charge >= 0.3 is 5.69 Å². The summed E-state index contributed by atoms with van der Waals surface area (Å²) in [6, 6.07) is 0. The molecule has 0 bridgehead atoms. The molecule has 0 spiro atoms. The average molecular weight is 358 g/mol. The highest BCUT2D eigenvalue weighted by Gasteiger charge is 2.36. The second-order valence-corrected chi connectivity index (χ2v) is 7.42. The van der Waals surface area contributed by atoms with Gasteiger partial charge in [0.15, 0.2) is 0 Å². The molecule has 0 aliphatic carbocycles. The summed E-state index contributed by atoms with van der Waals surface area (Å²) < 4.78 is 7.22. The molecule has 2 heterocycles. The van der Waals surface area contributed by atoms with Gasteiger partial charge in [-0.25, -0.2) is 4.79 Å². The Hall–Kier alpha value is -1.09. The van der Waals surface area contributed by atoms with E-state index < -0.39 is 11.9 Å². The lowest BCUT2D eigenvalue weighted by atomic mass is 10.2. The van der Waals surface area contributed by atoms with Gasteiger partial charge in [-0.2, -0.15) is 11.8 Å². The highest BCUT2D eigenvalue weighted by atomic mass is 32.2. The summed E-state index contributed by atoms with van der Waals surface area (Å²) in [6.07, 6.45) is 5.37. The maximum atomic E-state index is 12.0. The predicted octanol–water partition coefficient (Wildman–Crippen LogP) is 0.779. The number of aromatic nitrogens is 2. The fraction of sp³-hybridized carbons (Fsp3) is 0.750. The Kier molecular flexibility index (Phi) is 7.54. The Bertz CT molecular complexity index is 630. The molecule has 0 saturated carbocycles. The Morgan fingerprint density at radius 2 is 2.04 bits per heavy atom. The number of rotatable bonds is 9. The third kappa shape index (κ3) is 4.95. The summed E-state index contributed by atoms with van der Waals surface area (Å²) in [5, 5.41) is 18.4. The van der Waals surface area contributed by atoms with Crippen molar-refractivity contribution in [3.8, 4) is 0 Å². The summed E-state index contributed by atoms with van der Waals surface area (Å²) in [5.74, 6) is 0.961. The van der Waals surface area contributed by atoms with Gasteiger partial charge in [-0.3, -0.25) is 14.3 Å². The zero-order valence-corrected chi connectivity index (χ0v) is 14.8. The fourth-order valence-electron chi connectivity index (χ4n) is 2.81. The number of thioether (sulfide) groups is 1. The van der Waals surface area contributed by atoms with Crippen LogP contribution in [0.2, 0.25) is 0 Å². The van der Waals surface area contributed by atoms with Crippen LogP contribution in [0, 0.1) is 6.92 Å². The van der Waals surface area contributed by atoms with Gasteiger partial charge in [0, 0.05) is 30.0 Å². The summed E-state index contributed by atoms with van der Waals surface area (Å²) >= 11 is 1.75. The SMILES string of the molecule is Cc1cn([C@H]2C[C@H](SCCCCCCO)[C@@H](CO)O2)c(=O)[nH]c1=O. The fourth-order valence-corrected chi connectivity index (χ4v) is 4.15. The molecule has 0 aromatic carbocycles. The molecule has 24 heavy (non-hydrogen) atoms. The van der Waals surface area contributed by atoms with Crippen LogP contribution in [0.4, 0.5) is 0 Å². The van der Waals surface area contributed by atoms with E-state index in [-0.39, 0.29) is 30.1 Å². The van der Waals surface area contributed by atoms with Gasteiger partial charge in [0.1, 0.15) is 6.23 Å². The Morgan fingerprint density at radius 1 is 1.29 bits per heavy atom. The van der Waals surface area contributed by atoms with Crippen LogP contribution in [0.5, 0.6) is 0 Å². The second-order valence-electron chi connectivity index (χ2n) is 6.07. The van der Waals surface area contributed by atoms with Crippen molar-refractivity contribution in [2.24, 2.45) is 0 Å². The van der Waals surface area contributed by atoms with E-state index >= 15 is 0 Å². The van der Waals surface area contributed by atoms with Crippen molar-refractivity contribution < 1.29 is 14.9 Å². The quantitative estimate of drug-likeness (QED) is 0.564. The van der Waals surface area contributed by atoms with E-state index in [9.17, 15) is 14.7 Å². The van der Waals surface area contributed by atoms with Gasteiger partial charge in [-0.05, 0) is 25.5 Å². The third-order valence-electron chi connectivity index (χ3n) is 4.20. The maximum absolute atomic E-state index is 12.0. The van der Waals surface area contributed by atoms with E-state index in [0.29, 0.717) is 12.0 Å². The van der Waals surface area contributed by atoms with Gasteiger partial charge in [0.25, 0.3) is 5.56 Å². The van der Waals surface area contributed by atoms with Crippen LogP contribution in [-0.2, 0) is 4.74 Å². The second kappa shape index (κ2) is 9.41. The van der Waals surface area contributed by atoms with Gasteiger partial charge in [-0.1, -0.05) is 12.8 Å². The van der Waals surface area contributed by atoms with E-state index in [2.05, 4.69) is 4.98 Å². The molecule has 1 aromatic heterocycles. The molecule has 136 valence electrons. The molecular weight excluding hydrogens is 332 g/mol. The minimum Gasteiger partial charge on any atom is -0.396 e. The normalized spacial score (nSPS) is 23.7. The van der Waals surface area contributed by atoms with Crippen LogP contribution < -0.4 is 11.2 Å². The first kappa shape index (κ1) is 19.2. The molecule has 2 rings (SSSR count). The number of nitrogens with one attached hydrogen (secondary N) is 1. The number of nitrogens with zero attached hydrogens (tertiary/aromatic N) is 1. The van der Waals surface area contributed by atoms with Gasteiger partial charge in [-0.15, -0.1) is 0 Å². The first-order chi connectivity index (χ1) is 11.6. The number of aromatic amines is 1. The molecule has 0 radical (unpaired) electrons. The summed E-state index contributed by atoms with van der Waals surface area (Å²) in [4.78, 5) is 25.7. The van der Waals surface area contributed by atoms with E-state index in [1.807, 2.05) is 0 Å². The molecular formula is C16H26N2O5S. The molecule has 1 aliphatic rings. The first-order valence-electron chi connectivity index (χ1n) is 8.37. The van der Waals surface area contributed by atoms with E-state index in [4.69, 9.17) is 9.84 Å². The lowest BCUT2D eigenvalue weighted by Crippen LogP contribution is -2.33. The molecule has 3 N–H and O–H groups in total. The Labute approximate surface area is 145 Å². The Morgan fingerprint density at radius 3 is 2.75 bits per heavy atom. The maximum Gasteiger partial charge on any atom is 0.330 e. The van der Waals surface area contributed by atoms with Gasteiger partial charge in [0.2, 0.25) is 0 Å². The van der Waals surface area contributed by atoms with Crippen LogP contribution >= 0.6 is 11.8 Å². The molecule has 0 amide bonds. The molecule has 1 aromatic rings. The highest BCUT2D eigenvalue weighted by molar-refractivity contribution is 7.99. The van der Waals surface area contributed by atoms with Crippen LogP contribution in [0.3, 0.4) is 0 Å². The molecule has 3 atom stereocenters. The number of aliphatic hydroxyl groups is 2. The zero-order chi connectivity index (χ0) is 17.5.